The summed E-state index contributed by atoms with van der Waals surface area (Å²) in [5.74, 6) is -3.60. The van der Waals surface area contributed by atoms with Crippen molar-refractivity contribution in [3.8, 4) is 0 Å². The van der Waals surface area contributed by atoms with Crippen LogP contribution in [-0.2, 0) is 19.2 Å². The average Bonchev–Trinajstić information content (AvgIpc) is 3.57. The summed E-state index contributed by atoms with van der Waals surface area (Å²) in [6, 6.07) is 0. The molecule has 0 N–H and O–H groups in total. The van der Waals surface area contributed by atoms with Gasteiger partial charge >= 0.3 is 7.43 Å². The van der Waals surface area contributed by atoms with E-state index in [0.29, 0.717) is 0 Å². The molecule has 0 saturated heterocycles. The SMILES string of the molecule is CCCCCCCCCCCCCCCCCCCCCC(=O)[O-].CCCCCCCCCCCCCCCCCCCCCC(=O)[O-].CCCCCCCCCCCCCCCCCCCCCC(=O)[O-].CCCCCCCCCCCCCCCCCCCCCC(=O)[O-].[C+4]. The number of carboxylic acids is 4. The molecule has 0 aromatic rings. The number of aliphatic carboxylic acids is 4. The van der Waals surface area contributed by atoms with Crippen LogP contribution in [0.5, 0.6) is 0 Å². The van der Waals surface area contributed by atoms with Gasteiger partial charge in [-0.05, 0) is 51.4 Å². The molecule has 0 unspecified atom stereocenters. The number of unbranched alkanes of at least 4 members (excludes halogenated alkanes) is 72. The predicted octanol–water partition coefficient (Wildman–Crippen LogP) is 26.3. The van der Waals surface area contributed by atoms with Gasteiger partial charge in [0.05, 0.1) is 0 Å². The van der Waals surface area contributed by atoms with Gasteiger partial charge < -0.3 is 39.6 Å². The van der Waals surface area contributed by atoms with Crippen molar-refractivity contribution in [3.63, 3.8) is 0 Å². The molecule has 0 fully saturated rings. The third kappa shape index (κ3) is 118. The van der Waals surface area contributed by atoms with Crippen LogP contribution in [0, 0.1) is 7.43 Å². The van der Waals surface area contributed by atoms with Gasteiger partial charge in [-0.2, -0.15) is 0 Å². The normalized spacial score (nSPS) is 10.9. The van der Waals surface area contributed by atoms with E-state index in [9.17, 15) is 39.6 Å². The molecule has 0 aliphatic carbocycles. The molecule has 0 radical (unpaired) electrons. The maximum atomic E-state index is 10.3. The second kappa shape index (κ2) is 100. The molecule has 0 aliphatic rings. The van der Waals surface area contributed by atoms with Gasteiger partial charge in [-0.15, -0.1) is 0 Å². The molecule has 0 rings (SSSR count). The molecule has 0 atom stereocenters. The summed E-state index contributed by atoms with van der Waals surface area (Å²) >= 11 is 0. The minimum absolute atomic E-state index is 0. The number of rotatable bonds is 80. The first kappa shape index (κ1) is 104. The van der Waals surface area contributed by atoms with E-state index in [4.69, 9.17) is 0 Å². The molecule has 0 heterocycles. The van der Waals surface area contributed by atoms with Gasteiger partial charge in [0, 0.05) is 23.9 Å². The third-order valence-corrected chi connectivity index (χ3v) is 19.9. The Balaban J connectivity index is -0.000000386. The summed E-state index contributed by atoms with van der Waals surface area (Å²) in [7, 11) is 0. The van der Waals surface area contributed by atoms with E-state index >= 15 is 0 Å². The van der Waals surface area contributed by atoms with Crippen molar-refractivity contribution in [2.75, 3.05) is 0 Å². The quantitative estimate of drug-likeness (QED) is 0.0544. The summed E-state index contributed by atoms with van der Waals surface area (Å²) < 4.78 is 0. The van der Waals surface area contributed by atoms with Gasteiger partial charge in [-0.25, -0.2) is 0 Å². The van der Waals surface area contributed by atoms with Crippen molar-refractivity contribution in [1.29, 1.82) is 0 Å². The van der Waals surface area contributed by atoms with Crippen molar-refractivity contribution in [2.24, 2.45) is 0 Å². The predicted molar refractivity (Wildman–Crippen MR) is 415 cm³/mol. The zero-order chi connectivity index (χ0) is 70.9. The molecule has 0 bridgehead atoms. The Kier molecular flexibility index (Phi) is 107. The smallest absolute Gasteiger partial charge is 0.550 e. The van der Waals surface area contributed by atoms with Crippen LogP contribution in [0.4, 0.5) is 0 Å². The monoisotopic (exact) mass is 1370 g/mol. The fourth-order valence-electron chi connectivity index (χ4n) is 13.4. The molecule has 0 amide bonds. The molecule has 576 valence electrons. The van der Waals surface area contributed by atoms with Crippen LogP contribution in [0.25, 0.3) is 0 Å². The van der Waals surface area contributed by atoms with Crippen molar-refractivity contribution in [2.45, 2.75) is 541 Å². The minimum atomic E-state index is -0.901. The van der Waals surface area contributed by atoms with Gasteiger partial charge in [-0.3, -0.25) is 0 Å². The summed E-state index contributed by atoms with van der Waals surface area (Å²) in [5, 5.41) is 41.1. The summed E-state index contributed by atoms with van der Waals surface area (Å²) in [5.41, 5.74) is 0. The Labute approximate surface area is 609 Å². The minimum Gasteiger partial charge on any atom is -0.550 e. The van der Waals surface area contributed by atoms with Crippen LogP contribution in [0.1, 0.15) is 541 Å². The molecule has 0 aliphatic heterocycles. The van der Waals surface area contributed by atoms with E-state index in [-0.39, 0.29) is 33.1 Å². The zero-order valence-electron chi connectivity index (χ0n) is 66.3. The van der Waals surface area contributed by atoms with Crippen molar-refractivity contribution in [1.82, 2.24) is 0 Å². The zero-order valence-corrected chi connectivity index (χ0v) is 66.3. The molecule has 97 heavy (non-hydrogen) atoms. The van der Waals surface area contributed by atoms with Crippen molar-refractivity contribution < 1.29 is 39.6 Å². The van der Waals surface area contributed by atoms with E-state index in [1.165, 1.54) is 437 Å². The van der Waals surface area contributed by atoms with E-state index in [2.05, 4.69) is 27.7 Å². The molecule has 0 aromatic carbocycles. The standard InChI is InChI=1S/4C22H44O2.C/c4*1-2-3-4-5-6-7-8-9-10-11-12-13-14-15-16-17-18-19-20-21-22(23)24;/h4*2-21H2,1H3,(H,23,24);/q;;;;+4/p-4. The number of hydrogen-bond acceptors (Lipinski definition) is 8. The first-order valence-electron chi connectivity index (χ1n) is 43.9. The number of carboxylic acid groups (broad SMARTS) is 4. The second-order valence-corrected chi connectivity index (χ2v) is 29.9. The van der Waals surface area contributed by atoms with Crippen LogP contribution >= 0.6 is 0 Å². The van der Waals surface area contributed by atoms with Crippen LogP contribution in [-0.4, -0.2) is 23.9 Å². The third-order valence-electron chi connectivity index (χ3n) is 19.9. The van der Waals surface area contributed by atoms with E-state index in [0.717, 1.165) is 51.4 Å². The van der Waals surface area contributed by atoms with Gasteiger partial charge in [0.25, 0.3) is 0 Å². The maximum Gasteiger partial charge on any atom is 4.00 e. The first-order chi connectivity index (χ1) is 47.1. The number of carbonyl (C=O) groups is 4. The molecule has 8 heteroatoms. The molecular weight excluding hydrogens is 1200 g/mol. The Morgan fingerprint density at radius 2 is 0.196 bits per heavy atom. The summed E-state index contributed by atoms with van der Waals surface area (Å²) in [6.07, 6.45) is 103. The fraction of sp³-hybridized carbons (Fsp3) is 0.944. The Hall–Kier alpha value is -2.12. The molecule has 0 spiro atoms. The van der Waals surface area contributed by atoms with E-state index < -0.39 is 23.9 Å². The topological polar surface area (TPSA) is 161 Å². The Bertz CT molecular complexity index is 1210. The van der Waals surface area contributed by atoms with Crippen molar-refractivity contribution in [3.05, 3.63) is 7.43 Å². The van der Waals surface area contributed by atoms with Crippen LogP contribution in [0.2, 0.25) is 0 Å². The largest absolute Gasteiger partial charge is 4.00 e. The summed E-state index contributed by atoms with van der Waals surface area (Å²) in [6.45, 7) is 9.12. The van der Waals surface area contributed by atoms with Gasteiger partial charge in [0.1, 0.15) is 0 Å². The maximum absolute atomic E-state index is 10.3. The van der Waals surface area contributed by atoms with Gasteiger partial charge in [0.15, 0.2) is 0 Å². The average molecular weight is 1370 g/mol. The van der Waals surface area contributed by atoms with Gasteiger partial charge in [-0.1, -0.05) is 490 Å². The van der Waals surface area contributed by atoms with Crippen LogP contribution < -0.4 is 20.4 Å². The molecular formula is C89H172O8. The first-order valence-corrected chi connectivity index (χ1v) is 43.9. The Morgan fingerprint density at radius 1 is 0.134 bits per heavy atom. The molecule has 0 aromatic heterocycles. The van der Waals surface area contributed by atoms with E-state index in [1.807, 2.05) is 0 Å². The van der Waals surface area contributed by atoms with Gasteiger partial charge in [0.2, 0.25) is 0 Å². The van der Waals surface area contributed by atoms with Crippen molar-refractivity contribution >= 4 is 23.9 Å². The van der Waals surface area contributed by atoms with E-state index in [1.54, 1.807) is 0 Å². The molecule has 0 saturated carbocycles. The number of hydrogen-bond donors (Lipinski definition) is 0. The van der Waals surface area contributed by atoms with Crippen LogP contribution in [0.3, 0.4) is 0 Å². The summed E-state index contributed by atoms with van der Waals surface area (Å²) in [4.78, 5) is 41.1. The Morgan fingerprint density at radius 3 is 0.258 bits per heavy atom. The fourth-order valence-corrected chi connectivity index (χ4v) is 13.4. The van der Waals surface area contributed by atoms with Crippen LogP contribution in [0.15, 0.2) is 0 Å². The number of carbonyl (C=O) groups excluding carboxylic acids is 4. The molecule has 8 nitrogen and oxygen atoms in total. The second-order valence-electron chi connectivity index (χ2n) is 29.9.